The summed E-state index contributed by atoms with van der Waals surface area (Å²) in [6.07, 6.45) is 3.84. The molecule has 3 aromatic rings. The van der Waals surface area contributed by atoms with Gasteiger partial charge in [-0.05, 0) is 18.6 Å². The molecule has 0 spiro atoms. The Morgan fingerprint density at radius 3 is 3.00 bits per heavy atom. The second-order valence-electron chi connectivity index (χ2n) is 6.68. The zero-order valence-electron chi connectivity index (χ0n) is 14.5. The van der Waals surface area contributed by atoms with E-state index in [9.17, 15) is 4.79 Å². The van der Waals surface area contributed by atoms with Crippen molar-refractivity contribution in [3.63, 3.8) is 0 Å². The van der Waals surface area contributed by atoms with Crippen LogP contribution < -0.4 is 10.6 Å². The minimum absolute atomic E-state index is 0.0544. The van der Waals surface area contributed by atoms with Crippen molar-refractivity contribution in [2.75, 3.05) is 13.1 Å². The number of hydrogen-bond donors (Lipinski definition) is 2. The van der Waals surface area contributed by atoms with Crippen molar-refractivity contribution >= 4 is 16.9 Å². The minimum Gasteiger partial charge on any atom is -0.459 e. The summed E-state index contributed by atoms with van der Waals surface area (Å²) >= 11 is 0. The summed E-state index contributed by atoms with van der Waals surface area (Å²) in [7, 11) is 1.89. The number of rotatable bonds is 4. The molecule has 25 heavy (non-hydrogen) atoms. The second kappa shape index (κ2) is 6.37. The van der Waals surface area contributed by atoms with E-state index in [-0.39, 0.29) is 17.7 Å². The lowest BCUT2D eigenvalue weighted by Gasteiger charge is -2.16. The molecule has 6 heteroatoms. The Morgan fingerprint density at radius 1 is 1.40 bits per heavy atom. The SMILES string of the molecule is Cc1c(CNC(=O)[C@H]2CNC[C@@H]2c2cnn(C)c2)oc2ccccc12. The van der Waals surface area contributed by atoms with Crippen LogP contribution in [0.5, 0.6) is 0 Å². The van der Waals surface area contributed by atoms with Gasteiger partial charge in [0.2, 0.25) is 5.91 Å². The fourth-order valence-corrected chi connectivity index (χ4v) is 3.63. The largest absolute Gasteiger partial charge is 0.459 e. The third kappa shape index (κ3) is 2.93. The number of aromatic nitrogens is 2. The molecule has 1 aliphatic heterocycles. The van der Waals surface area contributed by atoms with Crippen molar-refractivity contribution in [3.05, 3.63) is 53.5 Å². The Morgan fingerprint density at radius 2 is 2.24 bits per heavy atom. The van der Waals surface area contributed by atoms with Gasteiger partial charge in [0.25, 0.3) is 0 Å². The first-order valence-electron chi connectivity index (χ1n) is 8.57. The van der Waals surface area contributed by atoms with Gasteiger partial charge in [0.15, 0.2) is 0 Å². The lowest BCUT2D eigenvalue weighted by Crippen LogP contribution is -2.34. The number of carbonyl (C=O) groups is 1. The van der Waals surface area contributed by atoms with Gasteiger partial charge in [-0.15, -0.1) is 0 Å². The zero-order valence-corrected chi connectivity index (χ0v) is 14.5. The Labute approximate surface area is 146 Å². The monoisotopic (exact) mass is 338 g/mol. The Hall–Kier alpha value is -2.60. The molecule has 2 atom stereocenters. The van der Waals surface area contributed by atoms with Crippen molar-refractivity contribution in [3.8, 4) is 0 Å². The molecular weight excluding hydrogens is 316 g/mol. The summed E-state index contributed by atoms with van der Waals surface area (Å²) in [4.78, 5) is 12.7. The molecule has 4 rings (SSSR count). The third-order valence-corrected chi connectivity index (χ3v) is 5.07. The predicted octanol–water partition coefficient (Wildman–Crippen LogP) is 2.09. The fourth-order valence-electron chi connectivity index (χ4n) is 3.63. The maximum atomic E-state index is 12.7. The third-order valence-electron chi connectivity index (χ3n) is 5.07. The summed E-state index contributed by atoms with van der Waals surface area (Å²) in [5, 5.41) is 11.7. The number of para-hydroxylation sites is 1. The van der Waals surface area contributed by atoms with Crippen LogP contribution in [0.3, 0.4) is 0 Å². The molecule has 1 fully saturated rings. The molecule has 1 amide bonds. The van der Waals surface area contributed by atoms with E-state index in [0.717, 1.165) is 34.4 Å². The molecule has 0 aliphatic carbocycles. The molecule has 2 N–H and O–H groups in total. The highest BCUT2D eigenvalue weighted by atomic mass is 16.3. The average molecular weight is 338 g/mol. The van der Waals surface area contributed by atoms with Crippen LogP contribution >= 0.6 is 0 Å². The average Bonchev–Trinajstić information content (AvgIpc) is 3.32. The Bertz CT molecular complexity index is 911. The van der Waals surface area contributed by atoms with Crippen LogP contribution in [-0.2, 0) is 18.4 Å². The molecule has 2 aromatic heterocycles. The number of nitrogens with zero attached hydrogens (tertiary/aromatic N) is 2. The second-order valence-corrected chi connectivity index (χ2v) is 6.68. The van der Waals surface area contributed by atoms with E-state index in [4.69, 9.17) is 4.42 Å². The normalized spacial score (nSPS) is 20.2. The van der Waals surface area contributed by atoms with E-state index in [1.54, 1.807) is 4.68 Å². The smallest absolute Gasteiger partial charge is 0.225 e. The Kier molecular flexibility index (Phi) is 4.05. The van der Waals surface area contributed by atoms with Crippen LogP contribution in [0.4, 0.5) is 0 Å². The summed E-state index contributed by atoms with van der Waals surface area (Å²) in [6.45, 7) is 3.93. The number of benzene rings is 1. The molecule has 0 saturated carbocycles. The van der Waals surface area contributed by atoms with Crippen LogP contribution in [0, 0.1) is 12.8 Å². The first-order chi connectivity index (χ1) is 12.1. The van der Waals surface area contributed by atoms with E-state index < -0.39 is 0 Å². The van der Waals surface area contributed by atoms with Gasteiger partial charge in [0.05, 0.1) is 18.7 Å². The summed E-state index contributed by atoms with van der Waals surface area (Å²) in [5.74, 6) is 0.941. The van der Waals surface area contributed by atoms with Gasteiger partial charge >= 0.3 is 0 Å². The van der Waals surface area contributed by atoms with E-state index in [0.29, 0.717) is 13.1 Å². The highest BCUT2D eigenvalue weighted by Gasteiger charge is 2.34. The van der Waals surface area contributed by atoms with Crippen molar-refractivity contribution in [2.24, 2.45) is 13.0 Å². The van der Waals surface area contributed by atoms with Crippen molar-refractivity contribution in [1.29, 1.82) is 0 Å². The van der Waals surface area contributed by atoms with Gasteiger partial charge in [0, 0.05) is 43.2 Å². The van der Waals surface area contributed by atoms with Crippen LogP contribution in [0.2, 0.25) is 0 Å². The fraction of sp³-hybridized carbons (Fsp3) is 0.368. The number of aryl methyl sites for hydroxylation is 2. The van der Waals surface area contributed by atoms with Crippen molar-refractivity contribution < 1.29 is 9.21 Å². The number of amides is 1. The molecule has 0 radical (unpaired) electrons. The van der Waals surface area contributed by atoms with Gasteiger partial charge in [-0.2, -0.15) is 5.10 Å². The van der Waals surface area contributed by atoms with Crippen LogP contribution in [0.1, 0.15) is 22.8 Å². The number of hydrogen-bond acceptors (Lipinski definition) is 4. The van der Waals surface area contributed by atoms with Gasteiger partial charge in [-0.1, -0.05) is 18.2 Å². The standard InChI is InChI=1S/C19H22N4O2/c1-12-14-5-3-4-6-17(14)25-18(12)10-21-19(24)16-9-20-8-15(16)13-7-22-23(2)11-13/h3-7,11,15-16,20H,8-10H2,1-2H3,(H,21,24)/t15-,16+/m1/s1. The first-order valence-corrected chi connectivity index (χ1v) is 8.57. The molecule has 6 nitrogen and oxygen atoms in total. The lowest BCUT2D eigenvalue weighted by molar-refractivity contribution is -0.125. The summed E-state index contributed by atoms with van der Waals surface area (Å²) in [6, 6.07) is 7.94. The zero-order chi connectivity index (χ0) is 17.4. The van der Waals surface area contributed by atoms with Gasteiger partial charge < -0.3 is 15.1 Å². The minimum atomic E-state index is -0.0890. The van der Waals surface area contributed by atoms with Gasteiger partial charge in [0.1, 0.15) is 11.3 Å². The van der Waals surface area contributed by atoms with Gasteiger partial charge in [-0.25, -0.2) is 0 Å². The number of fused-ring (bicyclic) bond motifs is 1. The Balaban J connectivity index is 1.47. The molecule has 130 valence electrons. The van der Waals surface area contributed by atoms with Crippen molar-refractivity contribution in [2.45, 2.75) is 19.4 Å². The summed E-state index contributed by atoms with van der Waals surface area (Å²) < 4.78 is 7.66. The van der Waals surface area contributed by atoms with Crippen LogP contribution in [-0.4, -0.2) is 28.8 Å². The number of furan rings is 1. The number of nitrogens with one attached hydrogen (secondary N) is 2. The molecular formula is C19H22N4O2. The maximum absolute atomic E-state index is 12.7. The maximum Gasteiger partial charge on any atom is 0.225 e. The molecule has 1 saturated heterocycles. The van der Waals surface area contributed by atoms with Gasteiger partial charge in [-0.3, -0.25) is 9.48 Å². The summed E-state index contributed by atoms with van der Waals surface area (Å²) in [5.41, 5.74) is 3.05. The topological polar surface area (TPSA) is 72.1 Å². The first kappa shape index (κ1) is 15.9. The molecule has 0 bridgehead atoms. The van der Waals surface area contributed by atoms with E-state index in [1.165, 1.54) is 0 Å². The molecule has 1 aromatic carbocycles. The predicted molar refractivity (Wildman–Crippen MR) is 95.1 cm³/mol. The quantitative estimate of drug-likeness (QED) is 0.764. The van der Waals surface area contributed by atoms with Crippen LogP contribution in [0.15, 0.2) is 41.1 Å². The number of carbonyl (C=O) groups excluding carboxylic acids is 1. The highest BCUT2D eigenvalue weighted by Crippen LogP contribution is 2.28. The molecule has 3 heterocycles. The van der Waals surface area contributed by atoms with E-state index in [2.05, 4.69) is 15.7 Å². The molecule has 0 unspecified atom stereocenters. The highest BCUT2D eigenvalue weighted by molar-refractivity contribution is 5.83. The van der Waals surface area contributed by atoms with E-state index in [1.807, 2.05) is 50.6 Å². The van der Waals surface area contributed by atoms with E-state index >= 15 is 0 Å². The van der Waals surface area contributed by atoms with Crippen LogP contribution in [0.25, 0.3) is 11.0 Å². The van der Waals surface area contributed by atoms with Crippen molar-refractivity contribution in [1.82, 2.24) is 20.4 Å². The molecule has 1 aliphatic rings. The lowest BCUT2D eigenvalue weighted by atomic mass is 9.90.